The summed E-state index contributed by atoms with van der Waals surface area (Å²) < 4.78 is 2.07. The van der Waals surface area contributed by atoms with Gasteiger partial charge in [-0.1, -0.05) is 0 Å². The number of H-pyrrole nitrogens is 1. The minimum atomic E-state index is 0.864. The maximum atomic E-state index is 4.13. The SMILES string of the molecule is Brc1cc2[nH]cc(I)c2cn1. The van der Waals surface area contributed by atoms with E-state index in [-0.39, 0.29) is 0 Å². The van der Waals surface area contributed by atoms with Gasteiger partial charge in [-0.3, -0.25) is 0 Å². The molecule has 2 aromatic heterocycles. The van der Waals surface area contributed by atoms with Crippen LogP contribution in [0, 0.1) is 3.57 Å². The van der Waals surface area contributed by atoms with Gasteiger partial charge < -0.3 is 4.98 Å². The zero-order valence-corrected chi connectivity index (χ0v) is 9.18. The predicted octanol–water partition coefficient (Wildman–Crippen LogP) is 2.93. The lowest BCUT2D eigenvalue weighted by Gasteiger charge is -1.89. The van der Waals surface area contributed by atoms with E-state index >= 15 is 0 Å². The van der Waals surface area contributed by atoms with Gasteiger partial charge >= 0.3 is 0 Å². The average Bonchev–Trinajstić information content (AvgIpc) is 2.32. The molecule has 0 fully saturated rings. The van der Waals surface area contributed by atoms with Crippen LogP contribution in [0.25, 0.3) is 10.9 Å². The van der Waals surface area contributed by atoms with Crippen molar-refractivity contribution in [3.8, 4) is 0 Å². The van der Waals surface area contributed by atoms with Gasteiger partial charge in [0, 0.05) is 21.4 Å². The average molecular weight is 323 g/mol. The highest BCUT2D eigenvalue weighted by molar-refractivity contribution is 14.1. The van der Waals surface area contributed by atoms with E-state index in [4.69, 9.17) is 0 Å². The molecule has 2 nitrogen and oxygen atoms in total. The summed E-state index contributed by atoms with van der Waals surface area (Å²) in [5.41, 5.74) is 1.12. The number of nitrogens with one attached hydrogen (secondary N) is 1. The Hall–Kier alpha value is -0.100. The fourth-order valence-electron chi connectivity index (χ4n) is 0.958. The number of pyridine rings is 1. The van der Waals surface area contributed by atoms with Crippen molar-refractivity contribution in [1.29, 1.82) is 0 Å². The van der Waals surface area contributed by atoms with Gasteiger partial charge in [0.25, 0.3) is 0 Å². The number of rotatable bonds is 0. The summed E-state index contributed by atoms with van der Waals surface area (Å²) in [6.07, 6.45) is 3.83. The largest absolute Gasteiger partial charge is 0.360 e. The van der Waals surface area contributed by atoms with Crippen LogP contribution in [0.15, 0.2) is 23.1 Å². The van der Waals surface area contributed by atoms with Crippen LogP contribution in [0.5, 0.6) is 0 Å². The van der Waals surface area contributed by atoms with Crippen LogP contribution in [0.1, 0.15) is 0 Å². The summed E-state index contributed by atoms with van der Waals surface area (Å²) in [4.78, 5) is 7.28. The standard InChI is InChI=1S/C7H4BrIN2/c8-7-1-6-4(2-11-7)5(9)3-10-6/h1-3,10H. The van der Waals surface area contributed by atoms with E-state index in [2.05, 4.69) is 48.5 Å². The number of fused-ring (bicyclic) bond motifs is 1. The fraction of sp³-hybridized carbons (Fsp3) is 0. The van der Waals surface area contributed by atoms with Crippen LogP contribution in [0.2, 0.25) is 0 Å². The van der Waals surface area contributed by atoms with Crippen molar-refractivity contribution in [3.63, 3.8) is 0 Å². The molecule has 1 N–H and O–H groups in total. The summed E-state index contributed by atoms with van der Waals surface area (Å²) in [6.45, 7) is 0. The topological polar surface area (TPSA) is 28.7 Å². The van der Waals surface area contributed by atoms with Crippen molar-refractivity contribution in [2.24, 2.45) is 0 Å². The maximum Gasteiger partial charge on any atom is 0.108 e. The molecule has 0 aliphatic rings. The molecule has 0 aliphatic heterocycles. The second kappa shape index (κ2) is 2.75. The molecule has 4 heteroatoms. The molecule has 0 saturated heterocycles. The van der Waals surface area contributed by atoms with Crippen molar-refractivity contribution in [2.75, 3.05) is 0 Å². The molecule has 0 spiro atoms. The van der Waals surface area contributed by atoms with E-state index < -0.39 is 0 Å². The van der Waals surface area contributed by atoms with Crippen molar-refractivity contribution < 1.29 is 0 Å². The number of halogens is 2. The Morgan fingerprint density at radius 2 is 2.36 bits per heavy atom. The lowest BCUT2D eigenvalue weighted by atomic mass is 10.3. The van der Waals surface area contributed by atoms with E-state index in [0.717, 1.165) is 10.1 Å². The van der Waals surface area contributed by atoms with Crippen LogP contribution < -0.4 is 0 Å². The zero-order chi connectivity index (χ0) is 7.84. The lowest BCUT2D eigenvalue weighted by Crippen LogP contribution is -1.74. The number of nitrogens with zero attached hydrogens (tertiary/aromatic N) is 1. The Bertz CT molecular complexity index is 396. The molecule has 0 bridgehead atoms. The highest BCUT2D eigenvalue weighted by atomic mass is 127. The van der Waals surface area contributed by atoms with Gasteiger partial charge in [0.1, 0.15) is 4.60 Å². The molecular formula is C7H4BrIN2. The zero-order valence-electron chi connectivity index (χ0n) is 5.44. The Balaban J connectivity index is 2.86. The Morgan fingerprint density at radius 1 is 1.55 bits per heavy atom. The summed E-state index contributed by atoms with van der Waals surface area (Å²) >= 11 is 5.59. The predicted molar refractivity (Wildman–Crippen MR) is 56.5 cm³/mol. The molecule has 0 saturated carbocycles. The number of aromatic nitrogens is 2. The maximum absolute atomic E-state index is 4.13. The third-order valence-corrected chi connectivity index (χ3v) is 2.81. The first-order valence-corrected chi connectivity index (χ1v) is 4.92. The summed E-state index contributed by atoms with van der Waals surface area (Å²) in [5.74, 6) is 0. The van der Waals surface area contributed by atoms with Crippen molar-refractivity contribution in [2.45, 2.75) is 0 Å². The second-order valence-electron chi connectivity index (χ2n) is 2.19. The molecule has 2 heterocycles. The summed E-state index contributed by atoms with van der Waals surface area (Å²) in [6, 6.07) is 1.97. The highest BCUT2D eigenvalue weighted by Gasteiger charge is 2.00. The van der Waals surface area contributed by atoms with Gasteiger partial charge in [-0.25, -0.2) is 4.98 Å². The molecule has 0 unspecified atom stereocenters. The first-order valence-electron chi connectivity index (χ1n) is 3.05. The molecule has 0 amide bonds. The number of hydrogen-bond donors (Lipinski definition) is 1. The van der Waals surface area contributed by atoms with E-state index in [9.17, 15) is 0 Å². The van der Waals surface area contributed by atoms with Gasteiger partial charge in [-0.05, 0) is 44.6 Å². The van der Waals surface area contributed by atoms with Crippen LogP contribution in [-0.2, 0) is 0 Å². The van der Waals surface area contributed by atoms with Crippen LogP contribution >= 0.6 is 38.5 Å². The van der Waals surface area contributed by atoms with Gasteiger partial charge in [-0.2, -0.15) is 0 Å². The molecule has 0 aliphatic carbocycles. The Kier molecular flexibility index (Phi) is 1.88. The van der Waals surface area contributed by atoms with E-state index in [1.54, 1.807) is 0 Å². The first-order chi connectivity index (χ1) is 5.27. The Labute approximate surface area is 85.7 Å². The van der Waals surface area contributed by atoms with Crippen molar-refractivity contribution >= 4 is 49.4 Å². The van der Waals surface area contributed by atoms with Crippen molar-refractivity contribution in [1.82, 2.24) is 9.97 Å². The third kappa shape index (κ3) is 1.29. The normalized spacial score (nSPS) is 10.7. The van der Waals surface area contributed by atoms with E-state index in [1.165, 1.54) is 8.96 Å². The third-order valence-electron chi connectivity index (χ3n) is 1.48. The second-order valence-corrected chi connectivity index (χ2v) is 4.16. The van der Waals surface area contributed by atoms with Gasteiger partial charge in [-0.15, -0.1) is 0 Å². The molecule has 2 rings (SSSR count). The summed E-state index contributed by atoms with van der Waals surface area (Å²) in [7, 11) is 0. The molecule has 0 radical (unpaired) electrons. The number of aromatic amines is 1. The minimum Gasteiger partial charge on any atom is -0.360 e. The minimum absolute atomic E-state index is 0.864. The lowest BCUT2D eigenvalue weighted by molar-refractivity contribution is 1.30. The quantitative estimate of drug-likeness (QED) is 0.586. The smallest absolute Gasteiger partial charge is 0.108 e. The fourth-order valence-corrected chi connectivity index (χ4v) is 1.88. The van der Waals surface area contributed by atoms with E-state index in [1.807, 2.05) is 18.5 Å². The molecule has 0 aromatic carbocycles. The summed E-state index contributed by atoms with van der Waals surface area (Å²) in [5, 5.41) is 1.17. The molecule has 2 aromatic rings. The highest BCUT2D eigenvalue weighted by Crippen LogP contribution is 2.20. The van der Waals surface area contributed by atoms with Crippen LogP contribution in [-0.4, -0.2) is 9.97 Å². The van der Waals surface area contributed by atoms with E-state index in [0.29, 0.717) is 0 Å². The van der Waals surface area contributed by atoms with Crippen LogP contribution in [0.4, 0.5) is 0 Å². The molecule has 56 valence electrons. The number of hydrogen-bond acceptors (Lipinski definition) is 1. The molecular weight excluding hydrogens is 319 g/mol. The van der Waals surface area contributed by atoms with Gasteiger partial charge in [0.2, 0.25) is 0 Å². The van der Waals surface area contributed by atoms with Crippen molar-refractivity contribution in [3.05, 3.63) is 26.6 Å². The van der Waals surface area contributed by atoms with Gasteiger partial charge in [0.15, 0.2) is 0 Å². The van der Waals surface area contributed by atoms with Gasteiger partial charge in [0.05, 0.1) is 5.52 Å². The first kappa shape index (κ1) is 7.54. The Morgan fingerprint density at radius 3 is 3.18 bits per heavy atom. The van der Waals surface area contributed by atoms with Crippen LogP contribution in [0.3, 0.4) is 0 Å². The monoisotopic (exact) mass is 322 g/mol. The molecule has 0 atom stereocenters. The molecule has 11 heavy (non-hydrogen) atoms.